The van der Waals surface area contributed by atoms with E-state index in [2.05, 4.69) is 6.58 Å². The first kappa shape index (κ1) is 23.9. The number of halogens is 1. The zero-order chi connectivity index (χ0) is 20.3. The molecule has 2 aromatic rings. The molecule has 5 nitrogen and oxygen atoms in total. The minimum Gasteiger partial charge on any atom is -0.147 e. The van der Waals surface area contributed by atoms with Gasteiger partial charge < -0.3 is 0 Å². The molecular weight excluding hydrogens is 596 g/mol. The Balaban J connectivity index is 0.00000300. The molecule has 2 aromatic carbocycles. The van der Waals surface area contributed by atoms with Crippen molar-refractivity contribution in [1.29, 1.82) is 0 Å². The summed E-state index contributed by atoms with van der Waals surface area (Å²) in [5, 5.41) is -0.183. The van der Waals surface area contributed by atoms with E-state index in [0.717, 1.165) is 11.1 Å². The molecule has 8 heteroatoms. The molecule has 1 heterocycles. The number of nitrogens with zero attached hydrogens (tertiary/aromatic N) is 1. The fourth-order valence-electron chi connectivity index (χ4n) is 3.29. The molecule has 0 aromatic heterocycles. The number of carbonyl (C=O) groups excluding carboxylic acids is 2. The first-order chi connectivity index (χ1) is 13.5. The van der Waals surface area contributed by atoms with Crippen LogP contribution in [0.2, 0.25) is 0 Å². The van der Waals surface area contributed by atoms with Crippen LogP contribution in [0.1, 0.15) is 24.2 Å². The average molecular weight is 619 g/mol. The van der Waals surface area contributed by atoms with E-state index < -0.39 is 24.2 Å². The van der Waals surface area contributed by atoms with Crippen LogP contribution >= 0.6 is 20.6 Å². The Morgan fingerprint density at radius 1 is 1.14 bits per heavy atom. The van der Waals surface area contributed by atoms with Crippen LogP contribution in [0.15, 0.2) is 72.8 Å². The Kier molecular flexibility index (Phi) is 8.76. The molecule has 1 amide bonds. The molecule has 29 heavy (non-hydrogen) atoms. The van der Waals surface area contributed by atoms with Crippen LogP contribution in [-0.4, -0.2) is 34.2 Å². The third-order valence-electron chi connectivity index (χ3n) is 4.70. The summed E-state index contributed by atoms with van der Waals surface area (Å²) in [5.74, 6) is -0.721. The van der Waals surface area contributed by atoms with Crippen molar-refractivity contribution in [2.24, 2.45) is 5.73 Å². The van der Waals surface area contributed by atoms with Gasteiger partial charge in [0.05, 0.1) is 0 Å². The molecular formula is C21H22ClHgN2O3S. The second kappa shape index (κ2) is 10.6. The number of β-lactam (4-membered cyclic amide) rings is 1. The summed E-state index contributed by atoms with van der Waals surface area (Å²) < 4.78 is 5.95. The van der Waals surface area contributed by atoms with E-state index in [9.17, 15) is 9.59 Å². The van der Waals surface area contributed by atoms with Gasteiger partial charge in [-0.3, -0.25) is 0 Å². The van der Waals surface area contributed by atoms with E-state index >= 15 is 0 Å². The van der Waals surface area contributed by atoms with Crippen molar-refractivity contribution in [3.8, 4) is 0 Å². The predicted octanol–water partition coefficient (Wildman–Crippen LogP) is 3.38. The average Bonchev–Trinajstić information content (AvgIpc) is 2.72. The van der Waals surface area contributed by atoms with Gasteiger partial charge in [-0.15, -0.1) is 12.4 Å². The van der Waals surface area contributed by atoms with Crippen molar-refractivity contribution in [3.63, 3.8) is 0 Å². The fourth-order valence-corrected chi connectivity index (χ4v) is 8.29. The largest absolute Gasteiger partial charge is 0.147 e. The van der Waals surface area contributed by atoms with Crippen LogP contribution < -0.4 is 5.73 Å². The van der Waals surface area contributed by atoms with Gasteiger partial charge in [0.15, 0.2) is 0 Å². The van der Waals surface area contributed by atoms with Gasteiger partial charge in [-0.05, 0) is 0 Å². The van der Waals surface area contributed by atoms with Crippen LogP contribution in [-0.2, 0) is 38.9 Å². The first-order valence-corrected chi connectivity index (χ1v) is 16.7. The molecule has 3 rings (SSSR count). The molecule has 3 unspecified atom stereocenters. The first-order valence-electron chi connectivity index (χ1n) is 8.90. The molecule has 1 aliphatic rings. The molecule has 1 fully saturated rings. The molecule has 0 bridgehead atoms. The van der Waals surface area contributed by atoms with E-state index in [-0.39, 0.29) is 23.7 Å². The number of hydrogen-bond acceptors (Lipinski definition) is 5. The summed E-state index contributed by atoms with van der Waals surface area (Å²) in [6.45, 7) is 5.67. The van der Waals surface area contributed by atoms with Crippen LogP contribution in [0.3, 0.4) is 0 Å². The van der Waals surface area contributed by atoms with E-state index in [1.54, 1.807) is 15.2 Å². The fraction of sp³-hybridized carbons (Fsp3) is 0.238. The van der Waals surface area contributed by atoms with Gasteiger partial charge in [0.1, 0.15) is 0 Å². The minimum absolute atomic E-state index is 0. The van der Waals surface area contributed by atoms with Crippen molar-refractivity contribution >= 4 is 32.5 Å². The van der Waals surface area contributed by atoms with E-state index in [1.165, 1.54) is 4.90 Å². The topological polar surface area (TPSA) is 72.6 Å². The number of nitrogens with two attached hydrogens (primary N) is 1. The van der Waals surface area contributed by atoms with Crippen molar-refractivity contribution in [2.45, 2.75) is 30.5 Å². The standard InChI is InChI=1S/C21H22N2O3S.ClH.Hg/c1-13(2)17(23-19(24)16(22)20(23)27)21(25)26-18(14-9-5-3-6-10-14)15-11-7-4-8-12-15;;/h3-12,16-18,20,27H,1,22H2,2H3;1H;/q;;+1/p-1. The van der Waals surface area contributed by atoms with Crippen molar-refractivity contribution in [1.82, 2.24) is 4.90 Å². The summed E-state index contributed by atoms with van der Waals surface area (Å²) in [7, 11) is 1.63. The van der Waals surface area contributed by atoms with Gasteiger partial charge in [0, 0.05) is 0 Å². The monoisotopic (exact) mass is 619 g/mol. The quantitative estimate of drug-likeness (QED) is 0.223. The Hall–Kier alpha value is -1.34. The van der Waals surface area contributed by atoms with Crippen molar-refractivity contribution < 1.29 is 38.9 Å². The molecule has 0 aliphatic carbocycles. The molecule has 0 radical (unpaired) electrons. The number of esters is 1. The Bertz CT molecular complexity index is 829. The van der Waals surface area contributed by atoms with Crippen LogP contribution in [0.25, 0.3) is 0 Å². The minimum atomic E-state index is -0.830. The van der Waals surface area contributed by atoms with Crippen molar-refractivity contribution in [3.05, 3.63) is 83.9 Å². The van der Waals surface area contributed by atoms with Gasteiger partial charge in [0.2, 0.25) is 0 Å². The van der Waals surface area contributed by atoms with Crippen LogP contribution in [0.4, 0.5) is 0 Å². The molecule has 149 valence electrons. The summed E-state index contributed by atoms with van der Waals surface area (Å²) in [6, 6.07) is 17.7. The maximum Gasteiger partial charge on any atom is -0.147 e. The van der Waals surface area contributed by atoms with Gasteiger partial charge in [-0.1, -0.05) is 0 Å². The second-order valence-electron chi connectivity index (χ2n) is 6.72. The number of carbonyl (C=O) groups is 2. The van der Waals surface area contributed by atoms with E-state index in [4.69, 9.17) is 10.5 Å². The summed E-state index contributed by atoms with van der Waals surface area (Å²) in [6.07, 6.45) is -0.562. The number of rotatable bonds is 7. The number of likely N-dealkylation sites (tertiary alicyclic amines) is 1. The van der Waals surface area contributed by atoms with Crippen LogP contribution in [0.5, 0.6) is 0 Å². The number of amides is 1. The zero-order valence-electron chi connectivity index (χ0n) is 16.1. The second-order valence-corrected chi connectivity index (χ2v) is 11.4. The molecule has 3 atom stereocenters. The number of benzene rings is 2. The van der Waals surface area contributed by atoms with Crippen LogP contribution in [0, 0.1) is 0 Å². The third kappa shape index (κ3) is 5.05. The van der Waals surface area contributed by atoms with Gasteiger partial charge in [0.25, 0.3) is 0 Å². The summed E-state index contributed by atoms with van der Waals surface area (Å²) in [4.78, 5) is 27.1. The SMILES string of the molecule is C=C(C)C(C(=O)OC(c1ccccc1)c1ccccc1)N1C(=O)C(N)C1[S][Hg].Cl. The third-order valence-corrected chi connectivity index (χ3v) is 9.54. The number of ether oxygens (including phenoxy) is 1. The Morgan fingerprint density at radius 3 is 2.03 bits per heavy atom. The normalized spacial score (nSPS) is 19.2. The molecule has 2 N–H and O–H groups in total. The summed E-state index contributed by atoms with van der Waals surface area (Å²) >= 11 is 0.386. The van der Waals surface area contributed by atoms with E-state index in [0.29, 0.717) is 30.2 Å². The molecule has 1 aliphatic heterocycles. The summed E-state index contributed by atoms with van der Waals surface area (Å²) in [5.41, 5.74) is 8.23. The Labute approximate surface area is 195 Å². The predicted molar refractivity (Wildman–Crippen MR) is 113 cm³/mol. The van der Waals surface area contributed by atoms with Gasteiger partial charge >= 0.3 is 184 Å². The molecule has 0 saturated carbocycles. The maximum atomic E-state index is 13.2. The molecule has 0 spiro atoms. The zero-order valence-corrected chi connectivity index (χ0v) is 23.2. The van der Waals surface area contributed by atoms with Gasteiger partial charge in [-0.25, -0.2) is 0 Å². The van der Waals surface area contributed by atoms with Crippen molar-refractivity contribution in [2.75, 3.05) is 0 Å². The molecule has 1 saturated heterocycles. The number of hydrogen-bond donors (Lipinski definition) is 1. The Morgan fingerprint density at radius 2 is 1.62 bits per heavy atom. The smallest absolute Gasteiger partial charge is 0.147 e. The van der Waals surface area contributed by atoms with Gasteiger partial charge in [-0.2, -0.15) is 0 Å². The van der Waals surface area contributed by atoms with E-state index in [1.807, 2.05) is 60.7 Å². The maximum absolute atomic E-state index is 13.2.